The van der Waals surface area contributed by atoms with E-state index in [2.05, 4.69) is 51.5 Å². The lowest BCUT2D eigenvalue weighted by Crippen LogP contribution is -2.44. The number of amides is 1. The molecule has 138 valence electrons. The van der Waals surface area contributed by atoms with Gasteiger partial charge in [0, 0.05) is 50.3 Å². The maximum absolute atomic E-state index is 12.4. The fraction of sp³-hybridized carbons (Fsp3) is 0.400. The number of nitrogens with one attached hydrogen (secondary N) is 2. The highest BCUT2D eigenvalue weighted by atomic mass is 16.1. The molecule has 1 saturated heterocycles. The van der Waals surface area contributed by atoms with Gasteiger partial charge in [-0.2, -0.15) is 0 Å². The van der Waals surface area contributed by atoms with Gasteiger partial charge >= 0.3 is 0 Å². The summed E-state index contributed by atoms with van der Waals surface area (Å²) in [6, 6.07) is 11.7. The van der Waals surface area contributed by atoms with Crippen LogP contribution in [-0.4, -0.2) is 55.6 Å². The summed E-state index contributed by atoms with van der Waals surface area (Å²) < 4.78 is 0. The lowest BCUT2D eigenvalue weighted by atomic mass is 10.2. The van der Waals surface area contributed by atoms with Gasteiger partial charge in [0.05, 0.1) is 5.56 Å². The van der Waals surface area contributed by atoms with Crippen LogP contribution in [0.3, 0.4) is 0 Å². The van der Waals surface area contributed by atoms with Gasteiger partial charge in [0.2, 0.25) is 0 Å². The fourth-order valence-electron chi connectivity index (χ4n) is 2.91. The molecular weight excluding hydrogens is 326 g/mol. The van der Waals surface area contributed by atoms with Crippen LogP contribution in [0.2, 0.25) is 0 Å². The summed E-state index contributed by atoms with van der Waals surface area (Å²) in [5.41, 5.74) is 2.54. The molecule has 0 saturated carbocycles. The Kier molecular flexibility index (Phi) is 6.07. The molecule has 1 amide bonds. The van der Waals surface area contributed by atoms with Crippen LogP contribution in [0.1, 0.15) is 23.7 Å². The van der Waals surface area contributed by atoms with Crippen molar-refractivity contribution in [3.63, 3.8) is 0 Å². The zero-order chi connectivity index (χ0) is 18.4. The van der Waals surface area contributed by atoms with Crippen LogP contribution < -0.4 is 15.5 Å². The molecule has 0 atom stereocenters. The van der Waals surface area contributed by atoms with Gasteiger partial charge in [-0.25, -0.2) is 4.98 Å². The molecule has 0 spiro atoms. The lowest BCUT2D eigenvalue weighted by molar-refractivity contribution is 0.102. The first kappa shape index (κ1) is 18.2. The third-order valence-electron chi connectivity index (χ3n) is 4.58. The molecule has 0 radical (unpaired) electrons. The van der Waals surface area contributed by atoms with Gasteiger partial charge in [0.15, 0.2) is 0 Å². The van der Waals surface area contributed by atoms with Crippen LogP contribution >= 0.6 is 0 Å². The Morgan fingerprint density at radius 3 is 2.42 bits per heavy atom. The average molecular weight is 353 g/mol. The van der Waals surface area contributed by atoms with Crippen LogP contribution in [0.5, 0.6) is 0 Å². The van der Waals surface area contributed by atoms with Gasteiger partial charge in [-0.3, -0.25) is 4.79 Å². The highest BCUT2D eigenvalue weighted by molar-refractivity contribution is 6.04. The second-order valence-corrected chi connectivity index (χ2v) is 6.65. The highest BCUT2D eigenvalue weighted by Gasteiger charge is 2.14. The second kappa shape index (κ2) is 8.67. The van der Waals surface area contributed by atoms with Crippen LogP contribution in [0.15, 0.2) is 42.6 Å². The number of carbonyl (C=O) groups is 1. The summed E-state index contributed by atoms with van der Waals surface area (Å²) >= 11 is 0. The zero-order valence-electron chi connectivity index (χ0n) is 15.5. The molecule has 6 nitrogen and oxygen atoms in total. The topological polar surface area (TPSA) is 60.5 Å². The van der Waals surface area contributed by atoms with E-state index in [1.54, 1.807) is 12.3 Å². The average Bonchev–Trinajstić information content (AvgIpc) is 2.68. The highest BCUT2D eigenvalue weighted by Crippen LogP contribution is 2.20. The van der Waals surface area contributed by atoms with Crippen molar-refractivity contribution in [1.29, 1.82) is 0 Å². The van der Waals surface area contributed by atoms with E-state index in [0.717, 1.165) is 50.6 Å². The van der Waals surface area contributed by atoms with Crippen molar-refractivity contribution < 1.29 is 4.79 Å². The summed E-state index contributed by atoms with van der Waals surface area (Å²) in [6.07, 6.45) is 2.64. The minimum atomic E-state index is -0.146. The first-order valence-electron chi connectivity index (χ1n) is 9.20. The van der Waals surface area contributed by atoms with E-state index in [1.807, 2.05) is 18.2 Å². The number of nitrogens with zero attached hydrogens (tertiary/aromatic N) is 3. The Hall–Kier alpha value is -2.60. The molecule has 26 heavy (non-hydrogen) atoms. The van der Waals surface area contributed by atoms with Gasteiger partial charge in [0.25, 0.3) is 5.91 Å². The van der Waals surface area contributed by atoms with Crippen molar-refractivity contribution >= 4 is 23.1 Å². The minimum Gasteiger partial charge on any atom is -0.370 e. The van der Waals surface area contributed by atoms with E-state index < -0.39 is 0 Å². The summed E-state index contributed by atoms with van der Waals surface area (Å²) in [6.45, 7) is 7.20. The summed E-state index contributed by atoms with van der Waals surface area (Å²) in [5.74, 6) is 0.645. The summed E-state index contributed by atoms with van der Waals surface area (Å²) in [5, 5.41) is 6.13. The van der Waals surface area contributed by atoms with Crippen LogP contribution in [-0.2, 0) is 0 Å². The standard InChI is InChI=1S/C20H27N5O/c1-3-10-21-19-9-4-16(15-22-19)20(26)23-17-5-7-18(8-6-17)25-13-11-24(2)12-14-25/h4-9,15H,3,10-14H2,1-2H3,(H,21,22)(H,23,26). The maximum Gasteiger partial charge on any atom is 0.257 e. The van der Waals surface area contributed by atoms with Gasteiger partial charge in [-0.15, -0.1) is 0 Å². The molecular formula is C20H27N5O. The van der Waals surface area contributed by atoms with Gasteiger partial charge in [-0.05, 0) is 49.9 Å². The van der Waals surface area contributed by atoms with Crippen molar-refractivity contribution in [3.8, 4) is 0 Å². The Bertz CT molecular complexity index is 706. The second-order valence-electron chi connectivity index (χ2n) is 6.65. The first-order valence-corrected chi connectivity index (χ1v) is 9.20. The van der Waals surface area contributed by atoms with E-state index >= 15 is 0 Å². The van der Waals surface area contributed by atoms with Crippen LogP contribution in [0, 0.1) is 0 Å². The van der Waals surface area contributed by atoms with Crippen LogP contribution in [0.25, 0.3) is 0 Å². The zero-order valence-corrected chi connectivity index (χ0v) is 15.5. The molecule has 0 bridgehead atoms. The number of rotatable bonds is 6. The van der Waals surface area contributed by atoms with Crippen molar-refractivity contribution in [2.24, 2.45) is 0 Å². The lowest BCUT2D eigenvalue weighted by Gasteiger charge is -2.34. The largest absolute Gasteiger partial charge is 0.370 e. The van der Waals surface area contributed by atoms with Gasteiger partial charge in [-0.1, -0.05) is 6.92 Å². The minimum absolute atomic E-state index is 0.146. The number of carbonyl (C=O) groups excluding carboxylic acids is 1. The molecule has 1 aromatic heterocycles. The molecule has 2 heterocycles. The molecule has 3 rings (SSSR count). The first-order chi connectivity index (χ1) is 12.7. The summed E-state index contributed by atoms with van der Waals surface area (Å²) in [4.78, 5) is 21.4. The molecule has 1 fully saturated rings. The molecule has 0 unspecified atom stereocenters. The SMILES string of the molecule is CCCNc1ccc(C(=O)Nc2ccc(N3CCN(C)CC3)cc2)cn1. The van der Waals surface area contributed by atoms with Crippen molar-refractivity contribution in [3.05, 3.63) is 48.2 Å². The van der Waals surface area contributed by atoms with E-state index in [4.69, 9.17) is 0 Å². The maximum atomic E-state index is 12.4. The predicted octanol–water partition coefficient (Wildman–Crippen LogP) is 2.91. The number of piperazine rings is 1. The molecule has 1 aliphatic heterocycles. The summed E-state index contributed by atoms with van der Waals surface area (Å²) in [7, 11) is 2.15. The Labute approximate surface area is 155 Å². The third-order valence-corrected chi connectivity index (χ3v) is 4.58. The molecule has 6 heteroatoms. The number of likely N-dealkylation sites (N-methyl/N-ethyl adjacent to an activating group) is 1. The number of hydrogen-bond acceptors (Lipinski definition) is 5. The number of aromatic nitrogens is 1. The van der Waals surface area contributed by atoms with Crippen molar-refractivity contribution in [2.45, 2.75) is 13.3 Å². The Morgan fingerprint density at radius 2 is 1.81 bits per heavy atom. The number of hydrogen-bond donors (Lipinski definition) is 2. The monoisotopic (exact) mass is 353 g/mol. The molecule has 0 aliphatic carbocycles. The molecule has 2 N–H and O–H groups in total. The van der Waals surface area contributed by atoms with E-state index in [9.17, 15) is 4.79 Å². The smallest absolute Gasteiger partial charge is 0.257 e. The number of anilines is 3. The number of benzene rings is 1. The molecule has 2 aromatic rings. The fourth-order valence-corrected chi connectivity index (χ4v) is 2.91. The quantitative estimate of drug-likeness (QED) is 0.836. The third kappa shape index (κ3) is 4.73. The number of pyridine rings is 1. The van der Waals surface area contributed by atoms with Crippen molar-refractivity contribution in [2.75, 3.05) is 55.3 Å². The Morgan fingerprint density at radius 1 is 1.08 bits per heavy atom. The Balaban J connectivity index is 1.57. The molecule has 1 aliphatic rings. The van der Waals surface area contributed by atoms with E-state index in [1.165, 1.54) is 5.69 Å². The van der Waals surface area contributed by atoms with E-state index in [0.29, 0.717) is 5.56 Å². The van der Waals surface area contributed by atoms with Gasteiger partial charge < -0.3 is 20.4 Å². The van der Waals surface area contributed by atoms with Crippen molar-refractivity contribution in [1.82, 2.24) is 9.88 Å². The normalized spacial score (nSPS) is 14.9. The van der Waals surface area contributed by atoms with Crippen LogP contribution in [0.4, 0.5) is 17.2 Å². The van der Waals surface area contributed by atoms with Gasteiger partial charge in [0.1, 0.15) is 5.82 Å². The van der Waals surface area contributed by atoms with E-state index in [-0.39, 0.29) is 5.91 Å². The molecule has 1 aromatic carbocycles. The predicted molar refractivity (Wildman–Crippen MR) is 107 cm³/mol.